The van der Waals surface area contributed by atoms with Gasteiger partial charge in [0.1, 0.15) is 0 Å². The lowest BCUT2D eigenvalue weighted by molar-refractivity contribution is -0.139. The molecule has 0 aromatic heterocycles. The number of rotatable bonds is 15. The Labute approximate surface area is 267 Å². The van der Waals surface area contributed by atoms with Gasteiger partial charge in [0, 0.05) is 49.9 Å². The average molecular weight is 615 g/mol. The maximum atomic E-state index is 14.0. The molecule has 3 N–H and O–H groups in total. The highest BCUT2D eigenvalue weighted by molar-refractivity contribution is 5.83. The third-order valence-corrected chi connectivity index (χ3v) is 10.2. The molecule has 8 heteroatoms. The minimum absolute atomic E-state index is 0.0100. The molecule has 5 unspecified atom stereocenters. The molecule has 3 aliphatic rings. The number of carbonyl (C=O) groups is 3. The van der Waals surface area contributed by atoms with E-state index < -0.39 is 12.1 Å². The van der Waals surface area contributed by atoms with Crippen LogP contribution in [0.4, 0.5) is 0 Å². The zero-order valence-corrected chi connectivity index (χ0v) is 28.2. The molecule has 8 nitrogen and oxygen atoms in total. The van der Waals surface area contributed by atoms with E-state index in [1.54, 1.807) is 0 Å². The molecule has 3 saturated carbocycles. The normalized spacial score (nSPS) is 24.5. The van der Waals surface area contributed by atoms with E-state index in [1.165, 1.54) is 25.7 Å². The minimum atomic E-state index is -0.815. The Morgan fingerprint density at radius 1 is 0.818 bits per heavy atom. The molecule has 3 rings (SSSR count). The van der Waals surface area contributed by atoms with Crippen molar-refractivity contribution in [2.45, 2.75) is 143 Å². The molecule has 250 valence electrons. The Balaban J connectivity index is 1.71. The zero-order valence-electron chi connectivity index (χ0n) is 28.2. The highest BCUT2D eigenvalue weighted by Crippen LogP contribution is 2.35. The van der Waals surface area contributed by atoms with Gasteiger partial charge in [0.25, 0.3) is 0 Å². The number of nitrogens with zero attached hydrogens (tertiary/aromatic N) is 2. The number of hydrogen-bond acceptors (Lipinski definition) is 5. The Bertz CT molecular complexity index is 944. The van der Waals surface area contributed by atoms with Crippen LogP contribution < -0.4 is 10.7 Å². The Morgan fingerprint density at radius 3 is 2.02 bits per heavy atom. The maximum absolute atomic E-state index is 14.0. The molecule has 3 amide bonds. The molecule has 0 radical (unpaired) electrons. The molecule has 0 aromatic rings. The molecule has 0 bridgehead atoms. The second-order valence-electron chi connectivity index (χ2n) is 13.8. The third-order valence-electron chi connectivity index (χ3n) is 10.2. The molecular formula is C36H62N4O4. The second-order valence-corrected chi connectivity index (χ2v) is 13.8. The van der Waals surface area contributed by atoms with Crippen LogP contribution >= 0.6 is 0 Å². The summed E-state index contributed by atoms with van der Waals surface area (Å²) in [6.07, 6.45) is 14.7. The number of aliphatic hydroxyl groups excluding tert-OH is 1. The molecule has 0 aliphatic heterocycles. The summed E-state index contributed by atoms with van der Waals surface area (Å²) in [6, 6.07) is -0.408. The van der Waals surface area contributed by atoms with E-state index in [1.807, 2.05) is 23.8 Å². The highest BCUT2D eigenvalue weighted by Gasteiger charge is 2.39. The van der Waals surface area contributed by atoms with Crippen LogP contribution in [0.3, 0.4) is 0 Å². The van der Waals surface area contributed by atoms with E-state index in [0.29, 0.717) is 31.7 Å². The molecule has 3 fully saturated rings. The summed E-state index contributed by atoms with van der Waals surface area (Å²) in [7, 11) is 0. The van der Waals surface area contributed by atoms with Crippen LogP contribution in [0.5, 0.6) is 0 Å². The monoisotopic (exact) mass is 614 g/mol. The number of amides is 3. The van der Waals surface area contributed by atoms with E-state index >= 15 is 0 Å². The molecule has 0 saturated heterocycles. The Morgan fingerprint density at radius 2 is 1.43 bits per heavy atom. The summed E-state index contributed by atoms with van der Waals surface area (Å²) in [6.45, 7) is 10.3. The standard InChI is InChI=1S/C36H62N4O4/c1-5-15-28-22-30(25-31(23-28)36(44)39(20-6-2)21-7-3)34(42)37-32(24-27-16-11-9-12-17-27)33(41)26-40(8-4)38-35(43)29-18-13-10-14-19-29/h27-33,41H,6-14,16-26H2,1-4H3,(H,37,42)(H,38,43). The van der Waals surface area contributed by atoms with Crippen molar-refractivity contribution < 1.29 is 19.5 Å². The number of hydrogen-bond donors (Lipinski definition) is 3. The van der Waals surface area contributed by atoms with Gasteiger partial charge in [-0.05, 0) is 64.2 Å². The van der Waals surface area contributed by atoms with Gasteiger partial charge in [-0.15, -0.1) is 11.8 Å². The van der Waals surface area contributed by atoms with Gasteiger partial charge in [0.2, 0.25) is 17.7 Å². The van der Waals surface area contributed by atoms with E-state index in [-0.39, 0.29) is 47.9 Å². The van der Waals surface area contributed by atoms with Gasteiger partial charge < -0.3 is 15.3 Å². The van der Waals surface area contributed by atoms with E-state index in [9.17, 15) is 19.5 Å². The Hall–Kier alpha value is -2.11. The summed E-state index contributed by atoms with van der Waals surface area (Å²) in [5.74, 6) is 6.43. The molecule has 0 spiro atoms. The molecule has 0 heterocycles. The first kappa shape index (κ1) is 36.4. The molecule has 0 aromatic carbocycles. The van der Waals surface area contributed by atoms with E-state index in [0.717, 1.165) is 70.9 Å². The molecule has 5 atom stereocenters. The number of carbonyl (C=O) groups excluding carboxylic acids is 3. The fraction of sp³-hybridized carbons (Fsp3) is 0.861. The van der Waals surface area contributed by atoms with Gasteiger partial charge in [-0.25, -0.2) is 5.01 Å². The van der Waals surface area contributed by atoms with Crippen LogP contribution in [-0.2, 0) is 14.4 Å². The lowest BCUT2D eigenvalue weighted by Crippen LogP contribution is -2.55. The summed E-state index contributed by atoms with van der Waals surface area (Å²) < 4.78 is 0. The first-order chi connectivity index (χ1) is 21.3. The fourth-order valence-electron chi connectivity index (χ4n) is 7.80. The van der Waals surface area contributed by atoms with Crippen molar-refractivity contribution in [3.8, 4) is 11.8 Å². The SMILES string of the molecule is CC#CC1CC(C(=O)NC(CC2CCCCC2)C(O)CN(CC)NC(=O)C2CCCCC2)CC(C(=O)N(CCC)CCC)C1. The van der Waals surface area contributed by atoms with Crippen LogP contribution in [-0.4, -0.2) is 71.1 Å². The smallest absolute Gasteiger partial charge is 0.237 e. The topological polar surface area (TPSA) is 102 Å². The van der Waals surface area contributed by atoms with Crippen molar-refractivity contribution in [1.29, 1.82) is 0 Å². The van der Waals surface area contributed by atoms with Crippen molar-refractivity contribution in [2.24, 2.45) is 29.6 Å². The van der Waals surface area contributed by atoms with Crippen LogP contribution in [0.25, 0.3) is 0 Å². The number of likely N-dealkylation sites (N-methyl/N-ethyl adjacent to an activating group) is 1. The zero-order chi connectivity index (χ0) is 31.9. The first-order valence-corrected chi connectivity index (χ1v) is 18.0. The number of nitrogens with one attached hydrogen (secondary N) is 2. The van der Waals surface area contributed by atoms with Gasteiger partial charge in [-0.1, -0.05) is 72.1 Å². The average Bonchev–Trinajstić information content (AvgIpc) is 3.04. The van der Waals surface area contributed by atoms with Crippen LogP contribution in [0.1, 0.15) is 130 Å². The lowest BCUT2D eigenvalue weighted by Gasteiger charge is -2.37. The van der Waals surface area contributed by atoms with Crippen molar-refractivity contribution in [3.05, 3.63) is 0 Å². The van der Waals surface area contributed by atoms with Crippen molar-refractivity contribution in [3.63, 3.8) is 0 Å². The van der Waals surface area contributed by atoms with Crippen LogP contribution in [0.2, 0.25) is 0 Å². The maximum Gasteiger partial charge on any atom is 0.237 e. The molecular weight excluding hydrogens is 552 g/mol. The van der Waals surface area contributed by atoms with Crippen LogP contribution in [0.15, 0.2) is 0 Å². The van der Waals surface area contributed by atoms with Gasteiger partial charge in [-0.2, -0.15) is 0 Å². The number of hydrazine groups is 1. The molecule has 3 aliphatic carbocycles. The van der Waals surface area contributed by atoms with E-state index in [4.69, 9.17) is 0 Å². The van der Waals surface area contributed by atoms with Gasteiger partial charge in [0.05, 0.1) is 12.1 Å². The second kappa shape index (κ2) is 19.4. The quantitative estimate of drug-likeness (QED) is 0.168. The summed E-state index contributed by atoms with van der Waals surface area (Å²) in [5, 5.41) is 16.7. The first-order valence-electron chi connectivity index (χ1n) is 18.0. The lowest BCUT2D eigenvalue weighted by atomic mass is 9.74. The van der Waals surface area contributed by atoms with Crippen molar-refractivity contribution >= 4 is 17.7 Å². The fourth-order valence-corrected chi connectivity index (χ4v) is 7.80. The summed E-state index contributed by atoms with van der Waals surface area (Å²) in [4.78, 5) is 42.5. The molecule has 44 heavy (non-hydrogen) atoms. The largest absolute Gasteiger partial charge is 0.390 e. The highest BCUT2D eigenvalue weighted by atomic mass is 16.3. The summed E-state index contributed by atoms with van der Waals surface area (Å²) in [5.41, 5.74) is 3.08. The summed E-state index contributed by atoms with van der Waals surface area (Å²) >= 11 is 0. The van der Waals surface area contributed by atoms with E-state index in [2.05, 4.69) is 36.4 Å². The Kier molecular flexibility index (Phi) is 16.0. The van der Waals surface area contributed by atoms with Gasteiger partial charge in [-0.3, -0.25) is 19.8 Å². The van der Waals surface area contributed by atoms with Gasteiger partial charge >= 0.3 is 0 Å². The van der Waals surface area contributed by atoms with Crippen molar-refractivity contribution in [1.82, 2.24) is 20.7 Å². The predicted octanol–water partition coefficient (Wildman–Crippen LogP) is 5.44. The predicted molar refractivity (Wildman–Crippen MR) is 176 cm³/mol. The van der Waals surface area contributed by atoms with Crippen molar-refractivity contribution in [2.75, 3.05) is 26.2 Å². The minimum Gasteiger partial charge on any atom is -0.390 e. The third kappa shape index (κ3) is 11.4. The number of aliphatic hydroxyl groups is 1. The van der Waals surface area contributed by atoms with Gasteiger partial charge in [0.15, 0.2) is 0 Å². The van der Waals surface area contributed by atoms with Crippen LogP contribution in [0, 0.1) is 41.4 Å².